The molecule has 18 heavy (non-hydrogen) atoms. The summed E-state index contributed by atoms with van der Waals surface area (Å²) in [5.74, 6) is -0.952. The number of aliphatic imine (C=N–C) groups is 1. The molecule has 0 aliphatic rings. The van der Waals surface area contributed by atoms with E-state index in [1.54, 1.807) is 19.0 Å². The molecule has 2 N–H and O–H groups in total. The molecule has 98 valence electrons. The number of benzene rings is 1. The largest absolute Gasteiger partial charge is 0.416 e. The van der Waals surface area contributed by atoms with Gasteiger partial charge in [-0.3, -0.25) is 4.79 Å². The van der Waals surface area contributed by atoms with Crippen molar-refractivity contribution in [3.63, 3.8) is 0 Å². The van der Waals surface area contributed by atoms with Crippen molar-refractivity contribution in [3.8, 4) is 0 Å². The van der Waals surface area contributed by atoms with Crippen LogP contribution in [0.3, 0.4) is 0 Å². The molecular weight excluding hydrogens is 247 g/mol. The molecule has 0 aromatic heterocycles. The fourth-order valence-electron chi connectivity index (χ4n) is 1.20. The van der Waals surface area contributed by atoms with Crippen LogP contribution in [0.4, 0.5) is 18.9 Å². The summed E-state index contributed by atoms with van der Waals surface area (Å²) in [6.45, 7) is 0. The third-order valence-electron chi connectivity index (χ3n) is 2.02. The molecule has 1 aromatic carbocycles. The maximum Gasteiger partial charge on any atom is 0.416 e. The molecule has 0 spiro atoms. The number of halogens is 3. The van der Waals surface area contributed by atoms with E-state index in [-0.39, 0.29) is 11.3 Å². The average Bonchev–Trinajstić information content (AvgIpc) is 2.24. The average molecular weight is 259 g/mol. The normalized spacial score (nSPS) is 11.8. The minimum absolute atomic E-state index is 0.101. The van der Waals surface area contributed by atoms with Crippen LogP contribution in [0, 0.1) is 0 Å². The van der Waals surface area contributed by atoms with E-state index in [9.17, 15) is 18.0 Å². The monoisotopic (exact) mass is 259 g/mol. The van der Waals surface area contributed by atoms with Gasteiger partial charge in [0.15, 0.2) is 0 Å². The maximum atomic E-state index is 12.5. The van der Waals surface area contributed by atoms with Crippen LogP contribution in [0.1, 0.15) is 15.9 Å². The highest BCUT2D eigenvalue weighted by atomic mass is 19.4. The van der Waals surface area contributed by atoms with Crippen LogP contribution in [-0.4, -0.2) is 31.2 Å². The summed E-state index contributed by atoms with van der Waals surface area (Å²) < 4.78 is 37.4. The summed E-state index contributed by atoms with van der Waals surface area (Å²) in [6, 6.07) is 2.67. The van der Waals surface area contributed by atoms with E-state index in [0.29, 0.717) is 6.07 Å². The van der Waals surface area contributed by atoms with E-state index in [4.69, 9.17) is 5.73 Å². The molecule has 4 nitrogen and oxygen atoms in total. The summed E-state index contributed by atoms with van der Waals surface area (Å²) in [4.78, 5) is 16.6. The van der Waals surface area contributed by atoms with Crippen LogP contribution in [0.5, 0.6) is 0 Å². The molecular formula is C11H12F3N3O. The highest BCUT2D eigenvalue weighted by Crippen LogP contribution is 2.32. The number of alkyl halides is 3. The van der Waals surface area contributed by atoms with E-state index in [0.717, 1.165) is 12.1 Å². The standard InChI is InChI=1S/C11H12F3N3O/c1-17(2)6-16-9-4-3-7(11(12,13)14)5-8(9)10(15)18/h3-6H,1-2H3,(H2,15,18). The summed E-state index contributed by atoms with van der Waals surface area (Å²) in [5, 5.41) is 0. The Bertz CT molecular complexity index is 481. The molecule has 0 atom stereocenters. The van der Waals surface area contributed by atoms with Gasteiger partial charge >= 0.3 is 6.18 Å². The second-order valence-corrected chi connectivity index (χ2v) is 3.80. The Morgan fingerprint density at radius 2 is 2.00 bits per heavy atom. The Morgan fingerprint density at radius 1 is 1.39 bits per heavy atom. The first kappa shape index (κ1) is 14.0. The Morgan fingerprint density at radius 3 is 2.44 bits per heavy atom. The molecule has 0 heterocycles. The van der Waals surface area contributed by atoms with Crippen molar-refractivity contribution in [3.05, 3.63) is 29.3 Å². The molecule has 0 saturated heterocycles. The predicted octanol–water partition coefficient (Wildman–Crippen LogP) is 2.03. The van der Waals surface area contributed by atoms with Gasteiger partial charge in [0.2, 0.25) is 0 Å². The number of primary amides is 1. The zero-order valence-corrected chi connectivity index (χ0v) is 9.82. The second kappa shape index (κ2) is 5.07. The van der Waals surface area contributed by atoms with Gasteiger partial charge in [-0.1, -0.05) is 0 Å². The molecule has 0 unspecified atom stereocenters. The van der Waals surface area contributed by atoms with Gasteiger partial charge in [0, 0.05) is 14.1 Å². The lowest BCUT2D eigenvalue weighted by Crippen LogP contribution is -2.14. The number of amides is 1. The number of hydrogen-bond donors (Lipinski definition) is 1. The van der Waals surface area contributed by atoms with E-state index in [2.05, 4.69) is 4.99 Å². The first-order chi connectivity index (χ1) is 8.21. The van der Waals surface area contributed by atoms with Crippen molar-refractivity contribution in [2.75, 3.05) is 14.1 Å². The van der Waals surface area contributed by atoms with Crippen molar-refractivity contribution in [1.82, 2.24) is 4.90 Å². The summed E-state index contributed by atoms with van der Waals surface area (Å²) >= 11 is 0. The minimum atomic E-state index is -4.52. The molecule has 1 rings (SSSR count). The van der Waals surface area contributed by atoms with Gasteiger partial charge < -0.3 is 10.6 Å². The third kappa shape index (κ3) is 3.47. The Kier molecular flexibility index (Phi) is 3.95. The number of nitrogens with zero attached hydrogens (tertiary/aromatic N) is 2. The summed E-state index contributed by atoms with van der Waals surface area (Å²) in [7, 11) is 3.38. The van der Waals surface area contributed by atoms with E-state index in [1.165, 1.54) is 6.34 Å². The smallest absolute Gasteiger partial charge is 0.369 e. The van der Waals surface area contributed by atoms with Crippen molar-refractivity contribution < 1.29 is 18.0 Å². The molecule has 1 aromatic rings. The summed E-state index contributed by atoms with van der Waals surface area (Å²) in [6.07, 6.45) is -3.15. The van der Waals surface area contributed by atoms with Crippen LogP contribution < -0.4 is 5.73 Å². The highest BCUT2D eigenvalue weighted by molar-refractivity contribution is 5.98. The van der Waals surface area contributed by atoms with Gasteiger partial charge in [0.25, 0.3) is 5.91 Å². The number of carbonyl (C=O) groups is 1. The lowest BCUT2D eigenvalue weighted by atomic mass is 10.1. The van der Waals surface area contributed by atoms with Crippen LogP contribution in [0.25, 0.3) is 0 Å². The minimum Gasteiger partial charge on any atom is -0.369 e. The zero-order valence-electron chi connectivity index (χ0n) is 9.82. The summed E-state index contributed by atoms with van der Waals surface area (Å²) in [5.41, 5.74) is 3.95. The molecule has 7 heteroatoms. The SMILES string of the molecule is CN(C)C=Nc1ccc(C(F)(F)F)cc1C(N)=O. The molecule has 0 radical (unpaired) electrons. The van der Waals surface area contributed by atoms with Gasteiger partial charge in [-0.25, -0.2) is 4.99 Å². The fraction of sp³-hybridized carbons (Fsp3) is 0.273. The van der Waals surface area contributed by atoms with Crippen LogP contribution >= 0.6 is 0 Å². The van der Waals surface area contributed by atoms with E-state index < -0.39 is 17.6 Å². The number of nitrogens with two attached hydrogens (primary N) is 1. The topological polar surface area (TPSA) is 58.7 Å². The first-order valence-corrected chi connectivity index (χ1v) is 4.93. The van der Waals surface area contributed by atoms with Crippen molar-refractivity contribution in [1.29, 1.82) is 0 Å². The molecule has 0 bridgehead atoms. The van der Waals surface area contributed by atoms with Gasteiger partial charge in [-0.15, -0.1) is 0 Å². The lowest BCUT2D eigenvalue weighted by molar-refractivity contribution is -0.137. The van der Waals surface area contributed by atoms with Gasteiger partial charge in [0.1, 0.15) is 0 Å². The van der Waals surface area contributed by atoms with E-state index in [1.807, 2.05) is 0 Å². The van der Waals surface area contributed by atoms with Crippen molar-refractivity contribution >= 4 is 17.9 Å². The number of carbonyl (C=O) groups excluding carboxylic acids is 1. The maximum absolute atomic E-state index is 12.5. The molecule has 1 amide bonds. The molecule has 0 aliphatic carbocycles. The third-order valence-corrected chi connectivity index (χ3v) is 2.02. The fourth-order valence-corrected chi connectivity index (χ4v) is 1.20. The number of hydrogen-bond acceptors (Lipinski definition) is 2. The molecule has 0 fully saturated rings. The van der Waals surface area contributed by atoms with Crippen molar-refractivity contribution in [2.45, 2.75) is 6.18 Å². The molecule has 0 saturated carbocycles. The number of rotatable bonds is 3. The zero-order chi connectivity index (χ0) is 13.9. The lowest BCUT2D eigenvalue weighted by Gasteiger charge is -2.10. The highest BCUT2D eigenvalue weighted by Gasteiger charge is 2.31. The van der Waals surface area contributed by atoms with Gasteiger partial charge in [0.05, 0.1) is 23.2 Å². The predicted molar refractivity (Wildman–Crippen MR) is 61.8 cm³/mol. The Hall–Kier alpha value is -2.05. The van der Waals surface area contributed by atoms with Gasteiger partial charge in [-0.2, -0.15) is 13.2 Å². The Labute approximate surface area is 102 Å². The van der Waals surface area contributed by atoms with Gasteiger partial charge in [-0.05, 0) is 18.2 Å². The van der Waals surface area contributed by atoms with E-state index >= 15 is 0 Å². The molecule has 0 aliphatic heterocycles. The second-order valence-electron chi connectivity index (χ2n) is 3.80. The van der Waals surface area contributed by atoms with Crippen LogP contribution in [-0.2, 0) is 6.18 Å². The first-order valence-electron chi connectivity index (χ1n) is 4.93. The van der Waals surface area contributed by atoms with Crippen LogP contribution in [0.2, 0.25) is 0 Å². The van der Waals surface area contributed by atoms with Crippen molar-refractivity contribution in [2.24, 2.45) is 10.7 Å². The quantitative estimate of drug-likeness (QED) is 0.667. The Balaban J connectivity index is 3.25. The van der Waals surface area contributed by atoms with Crippen LogP contribution in [0.15, 0.2) is 23.2 Å².